The number of anilines is 1. The number of methoxy groups -OCH3 is 3. The number of benzene rings is 2. The molecule has 0 saturated heterocycles. The molecule has 0 aliphatic heterocycles. The fourth-order valence-electron chi connectivity index (χ4n) is 2.90. The smallest absolute Gasteiger partial charge is 0.203 e. The summed E-state index contributed by atoms with van der Waals surface area (Å²) >= 11 is 0. The summed E-state index contributed by atoms with van der Waals surface area (Å²) in [6.07, 6.45) is 0. The van der Waals surface area contributed by atoms with Gasteiger partial charge in [0, 0.05) is 11.1 Å². The van der Waals surface area contributed by atoms with Gasteiger partial charge in [-0.1, -0.05) is 30.3 Å². The molecule has 0 aliphatic carbocycles. The Kier molecular flexibility index (Phi) is 5.13. The molecule has 1 heterocycles. The summed E-state index contributed by atoms with van der Waals surface area (Å²) in [5, 5.41) is 9.62. The molecule has 0 bridgehead atoms. The van der Waals surface area contributed by atoms with Gasteiger partial charge in [-0.3, -0.25) is 0 Å². The predicted octanol–water partition coefficient (Wildman–Crippen LogP) is 3.90. The molecular weight excluding hydrogens is 342 g/mol. The summed E-state index contributed by atoms with van der Waals surface area (Å²) < 4.78 is 16.2. The minimum Gasteiger partial charge on any atom is -0.493 e. The molecule has 0 unspecified atom stereocenters. The molecule has 136 valence electrons. The minimum absolute atomic E-state index is 0.169. The Balaban J connectivity index is 2.28. The largest absolute Gasteiger partial charge is 0.493 e. The van der Waals surface area contributed by atoms with E-state index < -0.39 is 0 Å². The fourth-order valence-corrected chi connectivity index (χ4v) is 2.90. The van der Waals surface area contributed by atoms with Gasteiger partial charge in [0.2, 0.25) is 5.75 Å². The van der Waals surface area contributed by atoms with Crippen LogP contribution < -0.4 is 19.9 Å². The third-order valence-corrected chi connectivity index (χ3v) is 4.20. The van der Waals surface area contributed by atoms with Crippen molar-refractivity contribution in [1.29, 1.82) is 5.26 Å². The van der Waals surface area contributed by atoms with E-state index in [2.05, 4.69) is 11.1 Å². The van der Waals surface area contributed by atoms with Crippen molar-refractivity contribution >= 4 is 5.82 Å². The third kappa shape index (κ3) is 3.35. The molecule has 0 saturated carbocycles. The zero-order valence-electron chi connectivity index (χ0n) is 15.3. The first-order valence-corrected chi connectivity index (χ1v) is 8.19. The molecule has 0 atom stereocenters. The van der Waals surface area contributed by atoms with Crippen molar-refractivity contribution in [2.75, 3.05) is 27.1 Å². The molecule has 3 rings (SSSR count). The maximum absolute atomic E-state index is 9.62. The van der Waals surface area contributed by atoms with Crippen LogP contribution in [-0.4, -0.2) is 26.3 Å². The predicted molar refractivity (Wildman–Crippen MR) is 104 cm³/mol. The van der Waals surface area contributed by atoms with Crippen LogP contribution in [0.5, 0.6) is 17.2 Å². The second kappa shape index (κ2) is 7.67. The lowest BCUT2D eigenvalue weighted by Crippen LogP contribution is -2.01. The maximum atomic E-state index is 9.62. The van der Waals surface area contributed by atoms with Gasteiger partial charge in [-0.2, -0.15) is 5.26 Å². The Hall–Kier alpha value is -3.72. The van der Waals surface area contributed by atoms with Gasteiger partial charge in [0.25, 0.3) is 0 Å². The molecule has 0 amide bonds. The number of nitrogen functional groups attached to an aromatic ring is 1. The van der Waals surface area contributed by atoms with Crippen LogP contribution in [0.4, 0.5) is 5.82 Å². The number of hydrogen-bond acceptors (Lipinski definition) is 6. The van der Waals surface area contributed by atoms with Gasteiger partial charge in [-0.05, 0) is 23.8 Å². The molecule has 27 heavy (non-hydrogen) atoms. The van der Waals surface area contributed by atoms with E-state index in [4.69, 9.17) is 19.9 Å². The molecule has 2 N–H and O–H groups in total. The highest BCUT2D eigenvalue weighted by atomic mass is 16.5. The van der Waals surface area contributed by atoms with Crippen molar-refractivity contribution < 1.29 is 14.2 Å². The van der Waals surface area contributed by atoms with Gasteiger partial charge in [0.15, 0.2) is 11.5 Å². The topological polar surface area (TPSA) is 90.4 Å². The summed E-state index contributed by atoms with van der Waals surface area (Å²) in [5.74, 6) is 1.63. The first-order valence-electron chi connectivity index (χ1n) is 8.19. The van der Waals surface area contributed by atoms with E-state index in [-0.39, 0.29) is 5.82 Å². The zero-order chi connectivity index (χ0) is 19.4. The van der Waals surface area contributed by atoms with E-state index in [1.54, 1.807) is 33.5 Å². The van der Waals surface area contributed by atoms with E-state index in [9.17, 15) is 5.26 Å². The number of ether oxygens (including phenoxy) is 3. The number of pyridine rings is 1. The van der Waals surface area contributed by atoms with Gasteiger partial charge < -0.3 is 19.9 Å². The lowest BCUT2D eigenvalue weighted by molar-refractivity contribution is 0.324. The molecule has 0 spiro atoms. The number of aromatic nitrogens is 1. The van der Waals surface area contributed by atoms with Crippen LogP contribution in [0.2, 0.25) is 0 Å². The molecule has 2 aromatic carbocycles. The van der Waals surface area contributed by atoms with Crippen LogP contribution in [0.1, 0.15) is 5.56 Å². The van der Waals surface area contributed by atoms with Gasteiger partial charge in [0.05, 0.1) is 27.0 Å². The Morgan fingerprint density at radius 2 is 1.52 bits per heavy atom. The number of nitrogens with two attached hydrogens (primary N) is 1. The molecule has 0 radical (unpaired) electrons. The van der Waals surface area contributed by atoms with Gasteiger partial charge in [-0.15, -0.1) is 0 Å². The Labute approximate surface area is 157 Å². The fraction of sp³-hybridized carbons (Fsp3) is 0.143. The van der Waals surface area contributed by atoms with Gasteiger partial charge >= 0.3 is 0 Å². The summed E-state index contributed by atoms with van der Waals surface area (Å²) in [7, 11) is 4.63. The number of nitrogens with zero attached hydrogens (tertiary/aromatic N) is 2. The Morgan fingerprint density at radius 3 is 2.04 bits per heavy atom. The third-order valence-electron chi connectivity index (χ3n) is 4.20. The molecule has 6 heteroatoms. The first-order chi connectivity index (χ1) is 13.1. The van der Waals surface area contributed by atoms with Crippen molar-refractivity contribution in [3.05, 3.63) is 54.1 Å². The number of hydrogen-bond donors (Lipinski definition) is 1. The van der Waals surface area contributed by atoms with Crippen molar-refractivity contribution in [2.24, 2.45) is 0 Å². The van der Waals surface area contributed by atoms with Crippen LogP contribution in [0.25, 0.3) is 22.4 Å². The first kappa shape index (κ1) is 18.1. The van der Waals surface area contributed by atoms with Crippen molar-refractivity contribution in [3.8, 4) is 45.7 Å². The van der Waals surface area contributed by atoms with Crippen LogP contribution in [0, 0.1) is 11.3 Å². The molecule has 6 nitrogen and oxygen atoms in total. The zero-order valence-corrected chi connectivity index (χ0v) is 15.3. The maximum Gasteiger partial charge on any atom is 0.203 e. The monoisotopic (exact) mass is 361 g/mol. The standard InChI is InChI=1S/C21H19N3O3/c1-25-18-9-14(10-19(26-2)20(18)27-3)15-11-17(13-7-5-4-6-8-13)24-21(23)16(15)12-22/h4-11H,1-3H3,(H2,23,24). The lowest BCUT2D eigenvalue weighted by Gasteiger charge is -2.16. The number of nitriles is 1. The summed E-state index contributed by atoms with van der Waals surface area (Å²) in [4.78, 5) is 4.39. The number of rotatable bonds is 5. The normalized spacial score (nSPS) is 10.1. The van der Waals surface area contributed by atoms with Gasteiger partial charge in [-0.25, -0.2) is 4.98 Å². The van der Waals surface area contributed by atoms with Crippen molar-refractivity contribution in [2.45, 2.75) is 0 Å². The summed E-state index contributed by atoms with van der Waals surface area (Å²) in [6, 6.07) is 17.2. The second-order valence-electron chi connectivity index (χ2n) is 5.71. The Morgan fingerprint density at radius 1 is 0.889 bits per heavy atom. The minimum atomic E-state index is 0.169. The lowest BCUT2D eigenvalue weighted by atomic mass is 9.97. The highest BCUT2D eigenvalue weighted by Crippen LogP contribution is 2.42. The average molecular weight is 361 g/mol. The van der Waals surface area contributed by atoms with Crippen LogP contribution in [-0.2, 0) is 0 Å². The second-order valence-corrected chi connectivity index (χ2v) is 5.71. The summed E-state index contributed by atoms with van der Waals surface area (Å²) in [6.45, 7) is 0. The van der Waals surface area contributed by atoms with Crippen molar-refractivity contribution in [3.63, 3.8) is 0 Å². The van der Waals surface area contributed by atoms with Crippen LogP contribution >= 0.6 is 0 Å². The van der Waals surface area contributed by atoms with E-state index in [0.29, 0.717) is 39.6 Å². The molecule has 0 fully saturated rings. The van der Waals surface area contributed by atoms with Gasteiger partial charge in [0.1, 0.15) is 17.5 Å². The van der Waals surface area contributed by atoms with Crippen LogP contribution in [0.15, 0.2) is 48.5 Å². The SMILES string of the molecule is COc1cc(-c2cc(-c3ccccc3)nc(N)c2C#N)cc(OC)c1OC. The molecule has 3 aromatic rings. The summed E-state index contributed by atoms with van der Waals surface area (Å²) in [5.41, 5.74) is 9.32. The van der Waals surface area contributed by atoms with Crippen LogP contribution in [0.3, 0.4) is 0 Å². The molecule has 0 aliphatic rings. The highest BCUT2D eigenvalue weighted by molar-refractivity contribution is 5.82. The molecule has 1 aromatic heterocycles. The van der Waals surface area contributed by atoms with E-state index in [0.717, 1.165) is 5.56 Å². The highest BCUT2D eigenvalue weighted by Gasteiger charge is 2.18. The van der Waals surface area contributed by atoms with E-state index in [1.807, 2.05) is 36.4 Å². The van der Waals surface area contributed by atoms with Crippen molar-refractivity contribution in [1.82, 2.24) is 4.98 Å². The quantitative estimate of drug-likeness (QED) is 0.741. The Bertz CT molecular complexity index is 986. The molecular formula is C21H19N3O3. The average Bonchev–Trinajstić information content (AvgIpc) is 2.72. The van der Waals surface area contributed by atoms with E-state index in [1.165, 1.54) is 0 Å². The van der Waals surface area contributed by atoms with E-state index >= 15 is 0 Å².